The molecule has 2 fully saturated rings. The predicted molar refractivity (Wildman–Crippen MR) is 130 cm³/mol. The Morgan fingerprint density at radius 3 is 2.48 bits per heavy atom. The van der Waals surface area contributed by atoms with Crippen LogP contribution in [0.5, 0.6) is 0 Å². The molecular weight excluding hydrogens is 414 g/mol. The van der Waals surface area contributed by atoms with Crippen molar-refractivity contribution >= 4 is 23.2 Å². The third kappa shape index (κ3) is 4.54. The van der Waals surface area contributed by atoms with Crippen molar-refractivity contribution in [3.05, 3.63) is 53.6 Å². The molecule has 1 saturated heterocycles. The number of hydrogen-bond donors (Lipinski definition) is 1. The van der Waals surface area contributed by atoms with E-state index in [0.29, 0.717) is 11.9 Å². The number of nitrogens with zero attached hydrogens (tertiary/aromatic N) is 4. The van der Waals surface area contributed by atoms with Crippen molar-refractivity contribution in [1.82, 2.24) is 14.9 Å². The molecule has 5 rings (SSSR count). The normalized spacial score (nSPS) is 20.9. The summed E-state index contributed by atoms with van der Waals surface area (Å²) in [5.41, 5.74) is 4.47. The van der Waals surface area contributed by atoms with Gasteiger partial charge < -0.3 is 19.9 Å². The van der Waals surface area contributed by atoms with Gasteiger partial charge in [-0.3, -0.25) is 4.79 Å². The fraction of sp³-hybridized carbons (Fsp3) is 0.500. The first-order chi connectivity index (χ1) is 16.1. The molecule has 1 aliphatic heterocycles. The summed E-state index contributed by atoms with van der Waals surface area (Å²) >= 11 is 0. The van der Waals surface area contributed by atoms with Crippen molar-refractivity contribution in [2.24, 2.45) is 5.92 Å². The van der Waals surface area contributed by atoms with Gasteiger partial charge in [-0.15, -0.1) is 0 Å². The van der Waals surface area contributed by atoms with Crippen molar-refractivity contribution in [3.63, 3.8) is 0 Å². The number of allylic oxidation sites excluding steroid dienone is 2. The van der Waals surface area contributed by atoms with Crippen LogP contribution < -0.4 is 10.2 Å². The second-order valence-electron chi connectivity index (χ2n) is 9.31. The quantitative estimate of drug-likeness (QED) is 0.739. The molecule has 0 bridgehead atoms. The molecule has 0 spiro atoms. The van der Waals surface area contributed by atoms with Crippen molar-refractivity contribution in [3.8, 4) is 0 Å². The van der Waals surface area contributed by atoms with E-state index in [9.17, 15) is 4.79 Å². The van der Waals surface area contributed by atoms with E-state index in [0.717, 1.165) is 49.7 Å². The lowest BCUT2D eigenvalue weighted by atomic mass is 9.81. The van der Waals surface area contributed by atoms with Gasteiger partial charge in [0, 0.05) is 50.7 Å². The number of benzene rings is 1. The van der Waals surface area contributed by atoms with E-state index in [1.54, 1.807) is 14.0 Å². The minimum atomic E-state index is 0.155. The first kappa shape index (κ1) is 21.7. The van der Waals surface area contributed by atoms with Crippen LogP contribution in [0.1, 0.15) is 49.8 Å². The molecule has 2 aromatic rings. The van der Waals surface area contributed by atoms with Crippen LogP contribution in [0.15, 0.2) is 42.3 Å². The number of methoxy groups -OCH3 is 1. The smallest absolute Gasteiger partial charge is 0.227 e. The summed E-state index contributed by atoms with van der Waals surface area (Å²) < 4.78 is 5.78. The van der Waals surface area contributed by atoms with Gasteiger partial charge >= 0.3 is 0 Å². The fourth-order valence-corrected chi connectivity index (χ4v) is 5.50. The molecule has 1 atom stereocenters. The van der Waals surface area contributed by atoms with Gasteiger partial charge in [0.2, 0.25) is 11.9 Å². The van der Waals surface area contributed by atoms with Gasteiger partial charge in [-0.05, 0) is 61.1 Å². The van der Waals surface area contributed by atoms with Crippen LogP contribution in [-0.4, -0.2) is 54.1 Å². The SMILES string of the molecule is COC1=CCc2cnc(Nc3ccc(N4CCN(C(C)=O)CC4)cc3)nc2C1C1CCCC1. The number of rotatable bonds is 5. The Bertz CT molecular complexity index is 1020. The molecule has 1 saturated carbocycles. The number of piperazine rings is 1. The third-order valence-electron chi connectivity index (χ3n) is 7.34. The summed E-state index contributed by atoms with van der Waals surface area (Å²) in [6.45, 7) is 4.91. The van der Waals surface area contributed by atoms with Gasteiger partial charge in [0.15, 0.2) is 0 Å². The molecule has 0 radical (unpaired) electrons. The zero-order valence-corrected chi connectivity index (χ0v) is 19.6. The van der Waals surface area contributed by atoms with Gasteiger partial charge in [0.05, 0.1) is 18.7 Å². The standard InChI is InChI=1S/C26H33N5O2/c1-18(32)30-13-15-31(16-14-30)22-10-8-21(9-11-22)28-26-27-17-20-7-12-23(33-2)24(25(20)29-26)19-5-3-4-6-19/h8-12,17,19,24H,3-7,13-16H2,1-2H3,(H,27,28,29). The molecule has 1 N–H and O–H groups in total. The number of amides is 1. The summed E-state index contributed by atoms with van der Waals surface area (Å²) in [4.78, 5) is 25.4. The summed E-state index contributed by atoms with van der Waals surface area (Å²) in [6, 6.07) is 8.39. The monoisotopic (exact) mass is 447 g/mol. The van der Waals surface area contributed by atoms with Gasteiger partial charge in [0.25, 0.3) is 0 Å². The van der Waals surface area contributed by atoms with Gasteiger partial charge in [-0.1, -0.05) is 12.8 Å². The van der Waals surface area contributed by atoms with E-state index >= 15 is 0 Å². The molecule has 3 aliphatic rings. The highest BCUT2D eigenvalue weighted by molar-refractivity contribution is 5.73. The maximum atomic E-state index is 11.6. The minimum absolute atomic E-state index is 0.155. The number of carbonyl (C=O) groups excluding carboxylic acids is 1. The molecule has 174 valence electrons. The lowest BCUT2D eigenvalue weighted by Crippen LogP contribution is -2.48. The number of fused-ring (bicyclic) bond motifs is 1. The zero-order valence-electron chi connectivity index (χ0n) is 19.6. The van der Waals surface area contributed by atoms with E-state index < -0.39 is 0 Å². The van der Waals surface area contributed by atoms with Crippen LogP contribution in [0.25, 0.3) is 0 Å². The molecule has 33 heavy (non-hydrogen) atoms. The number of hydrogen-bond acceptors (Lipinski definition) is 6. The zero-order chi connectivity index (χ0) is 22.8. The average Bonchev–Trinajstić information content (AvgIpc) is 3.38. The predicted octanol–water partition coefficient (Wildman–Crippen LogP) is 4.25. The summed E-state index contributed by atoms with van der Waals surface area (Å²) in [7, 11) is 1.78. The third-order valence-corrected chi connectivity index (χ3v) is 7.34. The Hall–Kier alpha value is -3.09. The fourth-order valence-electron chi connectivity index (χ4n) is 5.50. The average molecular weight is 448 g/mol. The van der Waals surface area contributed by atoms with Gasteiger partial charge in [0.1, 0.15) is 5.76 Å². The van der Waals surface area contributed by atoms with Crippen molar-refractivity contribution in [1.29, 1.82) is 0 Å². The highest BCUT2D eigenvalue weighted by Crippen LogP contribution is 2.44. The Labute approximate surface area is 195 Å². The maximum Gasteiger partial charge on any atom is 0.227 e. The van der Waals surface area contributed by atoms with Crippen LogP contribution in [0.4, 0.5) is 17.3 Å². The second kappa shape index (κ2) is 9.41. The molecule has 7 heteroatoms. The number of carbonyl (C=O) groups is 1. The Morgan fingerprint density at radius 1 is 1.09 bits per heavy atom. The van der Waals surface area contributed by atoms with Crippen LogP contribution in [-0.2, 0) is 16.0 Å². The number of ether oxygens (including phenoxy) is 1. The second-order valence-corrected chi connectivity index (χ2v) is 9.31. The Morgan fingerprint density at radius 2 is 1.82 bits per heavy atom. The lowest BCUT2D eigenvalue weighted by molar-refractivity contribution is -0.129. The van der Waals surface area contributed by atoms with Crippen molar-refractivity contribution in [2.75, 3.05) is 43.5 Å². The van der Waals surface area contributed by atoms with Crippen LogP contribution in [0, 0.1) is 5.92 Å². The first-order valence-electron chi connectivity index (χ1n) is 12.1. The van der Waals surface area contributed by atoms with Gasteiger partial charge in [-0.25, -0.2) is 9.97 Å². The van der Waals surface area contributed by atoms with Crippen molar-refractivity contribution < 1.29 is 9.53 Å². The number of nitrogens with one attached hydrogen (secondary N) is 1. The largest absolute Gasteiger partial charge is 0.501 e. The number of anilines is 3. The molecule has 2 aliphatic carbocycles. The van der Waals surface area contributed by atoms with E-state index in [2.05, 4.69) is 45.5 Å². The highest BCUT2D eigenvalue weighted by atomic mass is 16.5. The molecule has 1 unspecified atom stereocenters. The highest BCUT2D eigenvalue weighted by Gasteiger charge is 2.35. The van der Waals surface area contributed by atoms with Crippen molar-refractivity contribution in [2.45, 2.75) is 44.9 Å². The molecule has 2 heterocycles. The van der Waals surface area contributed by atoms with E-state index in [1.807, 2.05) is 11.1 Å². The minimum Gasteiger partial charge on any atom is -0.501 e. The summed E-state index contributed by atoms with van der Waals surface area (Å²) in [6.07, 6.45) is 10.1. The Balaban J connectivity index is 1.30. The molecular formula is C26H33N5O2. The Kier molecular flexibility index (Phi) is 6.20. The number of aromatic nitrogens is 2. The van der Waals surface area contributed by atoms with E-state index in [1.165, 1.54) is 36.9 Å². The molecule has 1 aromatic heterocycles. The molecule has 1 aromatic carbocycles. The molecule has 7 nitrogen and oxygen atoms in total. The first-order valence-corrected chi connectivity index (χ1v) is 12.1. The van der Waals surface area contributed by atoms with Crippen LogP contribution in [0.2, 0.25) is 0 Å². The summed E-state index contributed by atoms with van der Waals surface area (Å²) in [5, 5.41) is 3.40. The summed E-state index contributed by atoms with van der Waals surface area (Å²) in [5.74, 6) is 2.69. The van der Waals surface area contributed by atoms with E-state index in [-0.39, 0.29) is 11.8 Å². The lowest BCUT2D eigenvalue weighted by Gasteiger charge is -2.35. The maximum absolute atomic E-state index is 11.6. The molecule has 1 amide bonds. The van der Waals surface area contributed by atoms with Gasteiger partial charge in [-0.2, -0.15) is 0 Å². The topological polar surface area (TPSA) is 70.6 Å². The van der Waals surface area contributed by atoms with Crippen LogP contribution >= 0.6 is 0 Å². The van der Waals surface area contributed by atoms with Crippen LogP contribution in [0.3, 0.4) is 0 Å². The van der Waals surface area contributed by atoms with E-state index in [4.69, 9.17) is 9.72 Å².